The number of aliphatic carboxylic acids is 2. The van der Waals surface area contributed by atoms with Crippen LogP contribution >= 0.6 is 0 Å². The van der Waals surface area contributed by atoms with E-state index < -0.39 is 66.4 Å². The highest BCUT2D eigenvalue weighted by atomic mass is 16.7. The Morgan fingerprint density at radius 3 is 2.32 bits per heavy atom. The molecule has 1 aromatic carbocycles. The van der Waals surface area contributed by atoms with E-state index in [4.69, 9.17) is 20.3 Å². The third-order valence-electron chi connectivity index (χ3n) is 4.55. The van der Waals surface area contributed by atoms with Gasteiger partial charge < -0.3 is 51.2 Å². The molecule has 0 saturated carbocycles. The number of rotatable bonds is 8. The van der Waals surface area contributed by atoms with Crippen molar-refractivity contribution in [3.8, 4) is 11.5 Å². The fraction of sp³-hybridized carbons (Fsp3) is 0.500. The lowest BCUT2D eigenvalue weighted by atomic mass is 9.99. The molecule has 2 rings (SSSR count). The minimum Gasteiger partial charge on any atom is -0.504 e. The Kier molecular flexibility index (Phi) is 7.75. The predicted molar refractivity (Wildman–Crippen MR) is 100.0 cm³/mol. The zero-order valence-corrected chi connectivity index (χ0v) is 16.3. The third-order valence-corrected chi connectivity index (χ3v) is 4.55. The maximum atomic E-state index is 11.7. The average molecular weight is 444 g/mol. The number of aromatic hydroxyl groups is 1. The van der Waals surface area contributed by atoms with E-state index in [0.717, 1.165) is 6.07 Å². The summed E-state index contributed by atoms with van der Waals surface area (Å²) in [6.45, 7) is 1.39. The van der Waals surface area contributed by atoms with Crippen molar-refractivity contribution >= 4 is 17.8 Å². The number of carboxylic acid groups (broad SMARTS) is 2. The van der Waals surface area contributed by atoms with Gasteiger partial charge in [-0.15, -0.1) is 0 Å². The van der Waals surface area contributed by atoms with E-state index in [1.165, 1.54) is 19.1 Å². The molecule has 1 aliphatic heterocycles. The van der Waals surface area contributed by atoms with Gasteiger partial charge in [-0.2, -0.15) is 0 Å². The van der Waals surface area contributed by atoms with Gasteiger partial charge in [0.2, 0.25) is 12.2 Å². The number of ether oxygens (including phenoxy) is 2. The lowest BCUT2D eigenvalue weighted by molar-refractivity contribution is -0.271. The molecule has 0 aliphatic carbocycles. The zero-order valence-electron chi connectivity index (χ0n) is 16.3. The highest BCUT2D eigenvalue weighted by Crippen LogP contribution is 2.31. The second-order valence-electron chi connectivity index (χ2n) is 7.05. The van der Waals surface area contributed by atoms with E-state index in [1.807, 2.05) is 0 Å². The first-order valence-electron chi connectivity index (χ1n) is 9.12. The fourth-order valence-corrected chi connectivity index (χ4v) is 2.80. The van der Waals surface area contributed by atoms with Gasteiger partial charge in [-0.25, -0.2) is 9.59 Å². The Labute approximate surface area is 175 Å². The molecular formula is C18H24N2O11. The fourth-order valence-electron chi connectivity index (χ4n) is 2.80. The van der Waals surface area contributed by atoms with Crippen molar-refractivity contribution in [2.75, 3.05) is 0 Å². The molecule has 0 radical (unpaired) electrons. The molecule has 1 aliphatic rings. The van der Waals surface area contributed by atoms with Gasteiger partial charge in [-0.3, -0.25) is 4.79 Å². The number of phenols is 1. The average Bonchev–Trinajstić information content (AvgIpc) is 2.68. The number of carbonyl (C=O) groups is 3. The number of nitrogens with one attached hydrogen (secondary N) is 1. The topological polar surface area (TPSA) is 229 Å². The molecule has 1 amide bonds. The van der Waals surface area contributed by atoms with Gasteiger partial charge >= 0.3 is 11.9 Å². The summed E-state index contributed by atoms with van der Waals surface area (Å²) in [6.07, 6.45) is -9.41. The molecule has 0 spiro atoms. The molecule has 9 N–H and O–H groups in total. The Morgan fingerprint density at radius 1 is 1.16 bits per heavy atom. The van der Waals surface area contributed by atoms with Crippen LogP contribution in [0.5, 0.6) is 11.5 Å². The van der Waals surface area contributed by atoms with Gasteiger partial charge in [0.1, 0.15) is 24.4 Å². The molecule has 0 aromatic heterocycles. The Hall–Kier alpha value is -2.97. The minimum atomic E-state index is -1.90. The van der Waals surface area contributed by atoms with Crippen molar-refractivity contribution in [2.24, 2.45) is 5.73 Å². The standard InChI is InChI=1S/C18H24N2O11/c1-6(19)15(25)20-8(16(26)27)4-7-2-3-10(9(21)5-7)30-18-13(24)11(22)12(23)14(31-18)17(28)29/h2-3,5-6,8,11-14,18,21-24H,4,19H2,1H3,(H,20,25)(H,26,27)(H,28,29)/t6-,8-,11-,12-,13+,14-,18?/m0/s1. The monoisotopic (exact) mass is 444 g/mol. The van der Waals surface area contributed by atoms with E-state index >= 15 is 0 Å². The van der Waals surface area contributed by atoms with Gasteiger partial charge in [0, 0.05) is 6.42 Å². The summed E-state index contributed by atoms with van der Waals surface area (Å²) in [6, 6.07) is 1.45. The van der Waals surface area contributed by atoms with Crippen LogP contribution < -0.4 is 15.8 Å². The largest absolute Gasteiger partial charge is 0.504 e. The molecule has 1 saturated heterocycles. The molecule has 31 heavy (non-hydrogen) atoms. The van der Waals surface area contributed by atoms with E-state index in [-0.39, 0.29) is 12.2 Å². The predicted octanol–water partition coefficient (Wildman–Crippen LogP) is -2.88. The van der Waals surface area contributed by atoms with Crippen LogP contribution in [0.4, 0.5) is 0 Å². The number of benzene rings is 1. The van der Waals surface area contributed by atoms with Gasteiger partial charge in [0.15, 0.2) is 17.6 Å². The summed E-state index contributed by atoms with van der Waals surface area (Å²) in [4.78, 5) is 34.2. The van der Waals surface area contributed by atoms with Crippen molar-refractivity contribution in [3.63, 3.8) is 0 Å². The number of hydrogen-bond donors (Lipinski definition) is 8. The number of amides is 1. The molecule has 13 nitrogen and oxygen atoms in total. The molecule has 1 aromatic rings. The highest BCUT2D eigenvalue weighted by molar-refractivity contribution is 5.86. The van der Waals surface area contributed by atoms with Crippen LogP contribution in [0.25, 0.3) is 0 Å². The molecule has 1 fully saturated rings. The zero-order chi connectivity index (χ0) is 23.5. The Morgan fingerprint density at radius 2 is 1.81 bits per heavy atom. The first kappa shape index (κ1) is 24.3. The summed E-state index contributed by atoms with van der Waals surface area (Å²) in [5, 5.41) is 60.2. The van der Waals surface area contributed by atoms with Gasteiger partial charge in [0.05, 0.1) is 6.04 Å². The van der Waals surface area contributed by atoms with Crippen LogP contribution in [-0.4, -0.2) is 91.3 Å². The molecule has 0 bridgehead atoms. The number of hydrogen-bond acceptors (Lipinski definition) is 10. The van der Waals surface area contributed by atoms with Crippen molar-refractivity contribution in [1.82, 2.24) is 5.32 Å². The third kappa shape index (κ3) is 5.80. The minimum absolute atomic E-state index is 0.198. The second-order valence-corrected chi connectivity index (χ2v) is 7.05. The highest BCUT2D eigenvalue weighted by Gasteiger charge is 2.48. The van der Waals surface area contributed by atoms with Crippen LogP contribution in [0.1, 0.15) is 12.5 Å². The Balaban J connectivity index is 2.14. The van der Waals surface area contributed by atoms with E-state index in [9.17, 15) is 39.9 Å². The van der Waals surface area contributed by atoms with Crippen molar-refractivity contribution in [3.05, 3.63) is 23.8 Å². The molecule has 7 atom stereocenters. The summed E-state index contributed by atoms with van der Waals surface area (Å²) in [7, 11) is 0. The number of carbonyl (C=O) groups excluding carboxylic acids is 1. The lowest BCUT2D eigenvalue weighted by Gasteiger charge is -2.38. The normalized spacial score (nSPS) is 27.7. The first-order chi connectivity index (χ1) is 14.4. The first-order valence-corrected chi connectivity index (χ1v) is 9.12. The second kappa shape index (κ2) is 9.89. The number of aliphatic hydroxyl groups excluding tert-OH is 3. The van der Waals surface area contributed by atoms with E-state index in [1.54, 1.807) is 0 Å². The maximum Gasteiger partial charge on any atom is 0.335 e. The number of nitrogens with two attached hydrogens (primary N) is 1. The van der Waals surface area contributed by atoms with E-state index in [2.05, 4.69) is 5.32 Å². The van der Waals surface area contributed by atoms with Gasteiger partial charge in [-0.1, -0.05) is 6.07 Å². The van der Waals surface area contributed by atoms with Crippen LogP contribution in [-0.2, 0) is 25.5 Å². The lowest BCUT2D eigenvalue weighted by Crippen LogP contribution is -2.61. The number of aliphatic hydroxyl groups is 3. The van der Waals surface area contributed by atoms with Gasteiger partial charge in [-0.05, 0) is 24.6 Å². The number of carboxylic acids is 2. The summed E-state index contributed by atoms with van der Waals surface area (Å²) < 4.78 is 10.2. The van der Waals surface area contributed by atoms with Crippen LogP contribution in [0, 0.1) is 0 Å². The number of phenolic OH excluding ortho intramolecular Hbond substituents is 1. The quantitative estimate of drug-likeness (QED) is 0.202. The molecular weight excluding hydrogens is 420 g/mol. The summed E-state index contributed by atoms with van der Waals surface area (Å²) in [5.41, 5.74) is 5.70. The van der Waals surface area contributed by atoms with Crippen molar-refractivity contribution in [1.29, 1.82) is 0 Å². The summed E-state index contributed by atoms with van der Waals surface area (Å²) >= 11 is 0. The Bertz CT molecular complexity index is 831. The maximum absolute atomic E-state index is 11.7. The van der Waals surface area contributed by atoms with Crippen molar-refractivity contribution in [2.45, 2.75) is 56.1 Å². The van der Waals surface area contributed by atoms with Crippen LogP contribution in [0.3, 0.4) is 0 Å². The smallest absolute Gasteiger partial charge is 0.335 e. The SMILES string of the molecule is C[C@H](N)C(=O)N[C@@H](Cc1ccc(OC2O[C@H](C(=O)O)[C@@H](O)[C@H](O)[C@H]2O)c(O)c1)C(=O)O. The van der Waals surface area contributed by atoms with Crippen LogP contribution in [0.2, 0.25) is 0 Å². The van der Waals surface area contributed by atoms with Crippen LogP contribution in [0.15, 0.2) is 18.2 Å². The molecule has 13 heteroatoms. The van der Waals surface area contributed by atoms with Gasteiger partial charge in [0.25, 0.3) is 0 Å². The summed E-state index contributed by atoms with van der Waals surface area (Å²) in [5.74, 6) is -4.37. The van der Waals surface area contributed by atoms with E-state index in [0.29, 0.717) is 5.56 Å². The van der Waals surface area contributed by atoms with Crippen molar-refractivity contribution < 1.29 is 54.5 Å². The molecule has 1 unspecified atom stereocenters. The molecule has 1 heterocycles. The molecule has 172 valence electrons.